The number of unbranched alkanes of at least 4 members (excludes halogenated alkanes) is 3. The van der Waals surface area contributed by atoms with Crippen molar-refractivity contribution in [1.29, 1.82) is 0 Å². The monoisotopic (exact) mass is 202 g/mol. The number of urea groups is 1. The summed E-state index contributed by atoms with van der Waals surface area (Å²) in [6.07, 6.45) is 4.66. The molecule has 0 saturated heterocycles. The maximum absolute atomic E-state index is 11.3. The van der Waals surface area contributed by atoms with Gasteiger partial charge in [-0.1, -0.05) is 26.2 Å². The highest BCUT2D eigenvalue weighted by Gasteiger charge is 2.05. The summed E-state index contributed by atoms with van der Waals surface area (Å²) < 4.78 is 0. The Morgan fingerprint density at radius 3 is 2.64 bits per heavy atom. The molecule has 4 nitrogen and oxygen atoms in total. The number of carbonyl (C=O) groups excluding carboxylic acids is 1. The molecule has 0 spiro atoms. The zero-order valence-electron chi connectivity index (χ0n) is 9.25. The van der Waals surface area contributed by atoms with E-state index in [1.165, 1.54) is 19.3 Å². The lowest BCUT2D eigenvalue weighted by Crippen LogP contribution is -2.39. The van der Waals surface area contributed by atoms with Gasteiger partial charge in [0.2, 0.25) is 0 Å². The van der Waals surface area contributed by atoms with Gasteiger partial charge in [-0.15, -0.1) is 0 Å². The predicted molar refractivity (Wildman–Crippen MR) is 57.3 cm³/mol. The van der Waals surface area contributed by atoms with E-state index >= 15 is 0 Å². The van der Waals surface area contributed by atoms with Crippen LogP contribution >= 0.6 is 0 Å². The summed E-state index contributed by atoms with van der Waals surface area (Å²) in [5.41, 5.74) is 0. The minimum atomic E-state index is -0.101. The van der Waals surface area contributed by atoms with Crippen molar-refractivity contribution in [3.05, 3.63) is 0 Å². The van der Waals surface area contributed by atoms with Gasteiger partial charge in [-0.05, 0) is 6.42 Å². The number of nitrogens with zero attached hydrogens (tertiary/aromatic N) is 1. The third kappa shape index (κ3) is 6.71. The largest absolute Gasteiger partial charge is 0.395 e. The quantitative estimate of drug-likeness (QED) is 0.609. The van der Waals surface area contributed by atoms with Crippen molar-refractivity contribution in [2.24, 2.45) is 0 Å². The van der Waals surface area contributed by atoms with Crippen LogP contribution in [0.1, 0.15) is 32.6 Å². The second-order valence-corrected chi connectivity index (χ2v) is 3.44. The molecule has 0 radical (unpaired) electrons. The van der Waals surface area contributed by atoms with Crippen molar-refractivity contribution in [3.8, 4) is 0 Å². The van der Waals surface area contributed by atoms with Crippen LogP contribution in [0.2, 0.25) is 0 Å². The van der Waals surface area contributed by atoms with Gasteiger partial charge in [0.05, 0.1) is 6.61 Å². The zero-order chi connectivity index (χ0) is 10.8. The molecule has 0 aliphatic rings. The average molecular weight is 202 g/mol. The molecule has 0 atom stereocenters. The molecule has 0 unspecified atom stereocenters. The predicted octanol–water partition coefficient (Wildman–Crippen LogP) is 1.20. The summed E-state index contributed by atoms with van der Waals surface area (Å²) in [6.45, 7) is 3.28. The van der Waals surface area contributed by atoms with Crippen molar-refractivity contribution in [2.75, 3.05) is 26.7 Å². The fourth-order valence-corrected chi connectivity index (χ4v) is 1.18. The van der Waals surface area contributed by atoms with Crippen LogP contribution in [0.25, 0.3) is 0 Å². The molecule has 0 aliphatic heterocycles. The lowest BCUT2D eigenvalue weighted by atomic mass is 10.2. The number of hydrogen-bond donors (Lipinski definition) is 2. The first kappa shape index (κ1) is 13.2. The summed E-state index contributed by atoms with van der Waals surface area (Å²) in [5, 5.41) is 11.1. The molecule has 0 aliphatic carbocycles. The Morgan fingerprint density at radius 1 is 1.36 bits per heavy atom. The van der Waals surface area contributed by atoms with Gasteiger partial charge in [0.1, 0.15) is 0 Å². The van der Waals surface area contributed by atoms with Crippen molar-refractivity contribution in [1.82, 2.24) is 10.2 Å². The standard InChI is InChI=1S/C10H22N2O2/c1-3-4-5-6-8-12(2)10(14)11-7-9-13/h13H,3-9H2,1-2H3,(H,11,14). The van der Waals surface area contributed by atoms with E-state index in [-0.39, 0.29) is 12.6 Å². The molecule has 0 heterocycles. The molecule has 14 heavy (non-hydrogen) atoms. The molecule has 84 valence electrons. The number of rotatable bonds is 7. The molecule has 0 bridgehead atoms. The SMILES string of the molecule is CCCCCCN(C)C(=O)NCCO. The first-order valence-electron chi connectivity index (χ1n) is 5.32. The van der Waals surface area contributed by atoms with E-state index in [4.69, 9.17) is 5.11 Å². The Morgan fingerprint density at radius 2 is 2.07 bits per heavy atom. The molecule has 0 fully saturated rings. The molecule has 2 N–H and O–H groups in total. The molecule has 0 rings (SSSR count). The summed E-state index contributed by atoms with van der Waals surface area (Å²) in [5.74, 6) is 0. The maximum atomic E-state index is 11.3. The Hall–Kier alpha value is -0.770. The third-order valence-electron chi connectivity index (χ3n) is 2.08. The number of nitrogens with one attached hydrogen (secondary N) is 1. The van der Waals surface area contributed by atoms with Gasteiger partial charge in [-0.3, -0.25) is 0 Å². The van der Waals surface area contributed by atoms with Crippen molar-refractivity contribution in [3.63, 3.8) is 0 Å². The Bertz CT molecular complexity index is 151. The lowest BCUT2D eigenvalue weighted by molar-refractivity contribution is 0.203. The van der Waals surface area contributed by atoms with Crippen LogP contribution in [-0.2, 0) is 0 Å². The first-order valence-corrected chi connectivity index (χ1v) is 5.32. The smallest absolute Gasteiger partial charge is 0.317 e. The highest BCUT2D eigenvalue weighted by molar-refractivity contribution is 5.73. The minimum Gasteiger partial charge on any atom is -0.395 e. The van der Waals surface area contributed by atoms with E-state index in [2.05, 4.69) is 12.2 Å². The fourth-order valence-electron chi connectivity index (χ4n) is 1.18. The number of aliphatic hydroxyl groups is 1. The van der Waals surface area contributed by atoms with Crippen LogP contribution in [0.3, 0.4) is 0 Å². The Kier molecular flexibility index (Phi) is 8.33. The van der Waals surface area contributed by atoms with Gasteiger partial charge in [0.15, 0.2) is 0 Å². The van der Waals surface area contributed by atoms with Gasteiger partial charge >= 0.3 is 6.03 Å². The van der Waals surface area contributed by atoms with Gasteiger partial charge < -0.3 is 15.3 Å². The van der Waals surface area contributed by atoms with E-state index in [1.54, 1.807) is 11.9 Å². The van der Waals surface area contributed by atoms with Crippen LogP contribution in [-0.4, -0.2) is 42.8 Å². The zero-order valence-corrected chi connectivity index (χ0v) is 9.25. The minimum absolute atomic E-state index is 0.00455. The molecule has 0 saturated carbocycles. The van der Waals surface area contributed by atoms with Crippen LogP contribution in [0, 0.1) is 0 Å². The second-order valence-electron chi connectivity index (χ2n) is 3.44. The lowest BCUT2D eigenvalue weighted by Gasteiger charge is -2.17. The number of amides is 2. The van der Waals surface area contributed by atoms with E-state index in [9.17, 15) is 4.79 Å². The summed E-state index contributed by atoms with van der Waals surface area (Å²) in [6, 6.07) is -0.101. The van der Waals surface area contributed by atoms with Gasteiger partial charge in [-0.25, -0.2) is 4.79 Å². The van der Waals surface area contributed by atoms with Crippen molar-refractivity contribution in [2.45, 2.75) is 32.6 Å². The number of hydrogen-bond acceptors (Lipinski definition) is 2. The van der Waals surface area contributed by atoms with Crippen molar-refractivity contribution < 1.29 is 9.90 Å². The van der Waals surface area contributed by atoms with E-state index in [0.29, 0.717) is 6.54 Å². The molecule has 0 aromatic rings. The molecule has 0 aromatic carbocycles. The summed E-state index contributed by atoms with van der Waals surface area (Å²) in [4.78, 5) is 12.9. The molecular weight excluding hydrogens is 180 g/mol. The number of aliphatic hydroxyl groups excluding tert-OH is 1. The van der Waals surface area contributed by atoms with Gasteiger partial charge in [0.25, 0.3) is 0 Å². The normalized spacial score (nSPS) is 9.93. The van der Waals surface area contributed by atoms with E-state index in [0.717, 1.165) is 13.0 Å². The third-order valence-corrected chi connectivity index (χ3v) is 2.08. The summed E-state index contributed by atoms with van der Waals surface area (Å²) in [7, 11) is 1.78. The molecule has 0 aromatic heterocycles. The average Bonchev–Trinajstić information content (AvgIpc) is 2.20. The first-order chi connectivity index (χ1) is 6.72. The Labute approximate surface area is 86.3 Å². The van der Waals surface area contributed by atoms with Gasteiger partial charge in [0, 0.05) is 20.1 Å². The van der Waals surface area contributed by atoms with E-state index in [1.807, 2.05) is 0 Å². The fraction of sp³-hybridized carbons (Fsp3) is 0.900. The molecule has 4 heteroatoms. The maximum Gasteiger partial charge on any atom is 0.317 e. The second kappa shape index (κ2) is 8.81. The van der Waals surface area contributed by atoms with Crippen LogP contribution in [0.15, 0.2) is 0 Å². The van der Waals surface area contributed by atoms with Crippen LogP contribution in [0.5, 0.6) is 0 Å². The Balaban J connectivity index is 3.42. The van der Waals surface area contributed by atoms with Crippen molar-refractivity contribution >= 4 is 6.03 Å². The van der Waals surface area contributed by atoms with Crippen LogP contribution in [0.4, 0.5) is 4.79 Å². The molecular formula is C10H22N2O2. The summed E-state index contributed by atoms with van der Waals surface area (Å²) >= 11 is 0. The molecule has 2 amide bonds. The van der Waals surface area contributed by atoms with E-state index < -0.39 is 0 Å². The number of carbonyl (C=O) groups is 1. The topological polar surface area (TPSA) is 52.6 Å². The van der Waals surface area contributed by atoms with Gasteiger partial charge in [-0.2, -0.15) is 0 Å². The highest BCUT2D eigenvalue weighted by atomic mass is 16.3. The highest BCUT2D eigenvalue weighted by Crippen LogP contribution is 1.99. The van der Waals surface area contributed by atoms with Crippen LogP contribution < -0.4 is 5.32 Å².